The number of aryl methyl sites for hydroxylation is 2. The van der Waals surface area contributed by atoms with Gasteiger partial charge in [-0.3, -0.25) is 0 Å². The van der Waals surface area contributed by atoms with Gasteiger partial charge in [0.15, 0.2) is 11.5 Å². The molecule has 0 atom stereocenters. The fraction of sp³-hybridized carbons (Fsp3) is 0.304. The summed E-state index contributed by atoms with van der Waals surface area (Å²) >= 11 is 0. The molecule has 0 bridgehead atoms. The van der Waals surface area contributed by atoms with Crippen molar-refractivity contribution >= 4 is 17.5 Å². The quantitative estimate of drug-likeness (QED) is 0.696. The first-order chi connectivity index (χ1) is 14.1. The Morgan fingerprint density at radius 1 is 0.931 bits per heavy atom. The van der Waals surface area contributed by atoms with E-state index in [9.17, 15) is 0 Å². The number of rotatable bonds is 5. The Kier molecular flexibility index (Phi) is 5.25. The minimum Gasteiger partial charge on any atom is -0.493 e. The van der Waals surface area contributed by atoms with E-state index in [0.717, 1.165) is 53.8 Å². The average Bonchev–Trinajstić information content (AvgIpc) is 2.73. The van der Waals surface area contributed by atoms with Crippen LogP contribution in [0.15, 0.2) is 42.5 Å². The van der Waals surface area contributed by atoms with Gasteiger partial charge in [-0.25, -0.2) is 4.98 Å². The number of fused-ring (bicyclic) bond motifs is 1. The maximum atomic E-state index is 5.48. The molecule has 0 saturated carbocycles. The monoisotopic (exact) mass is 390 g/mol. The summed E-state index contributed by atoms with van der Waals surface area (Å²) in [4.78, 5) is 11.6. The Morgan fingerprint density at radius 3 is 2.38 bits per heavy atom. The van der Waals surface area contributed by atoms with Crippen LogP contribution in [0, 0.1) is 13.8 Å². The summed E-state index contributed by atoms with van der Waals surface area (Å²) in [6.07, 6.45) is 0.930. The van der Waals surface area contributed by atoms with Crippen molar-refractivity contribution in [2.45, 2.75) is 26.8 Å². The minimum atomic E-state index is 0.618. The number of hydrogen-bond acceptors (Lipinski definition) is 6. The molecule has 4 rings (SSSR count). The molecule has 3 aromatic rings. The Morgan fingerprint density at radius 2 is 1.66 bits per heavy atom. The van der Waals surface area contributed by atoms with Crippen LogP contribution in [0.1, 0.15) is 22.4 Å². The molecule has 0 radical (unpaired) electrons. The molecule has 0 spiro atoms. The van der Waals surface area contributed by atoms with Gasteiger partial charge in [-0.15, -0.1) is 0 Å². The smallest absolute Gasteiger partial charge is 0.229 e. The minimum absolute atomic E-state index is 0.618. The molecule has 6 nitrogen and oxygen atoms in total. The first-order valence-corrected chi connectivity index (χ1v) is 9.74. The highest BCUT2D eigenvalue weighted by molar-refractivity contribution is 5.60. The van der Waals surface area contributed by atoms with Gasteiger partial charge in [0, 0.05) is 30.5 Å². The summed E-state index contributed by atoms with van der Waals surface area (Å²) in [6, 6.07) is 14.3. The van der Waals surface area contributed by atoms with Crippen molar-refractivity contribution in [3.8, 4) is 11.5 Å². The zero-order valence-corrected chi connectivity index (χ0v) is 17.3. The predicted molar refractivity (Wildman–Crippen MR) is 116 cm³/mol. The Hall–Kier alpha value is -3.28. The molecule has 29 heavy (non-hydrogen) atoms. The molecule has 150 valence electrons. The van der Waals surface area contributed by atoms with E-state index in [1.165, 1.54) is 11.1 Å². The van der Waals surface area contributed by atoms with Gasteiger partial charge in [0.25, 0.3) is 0 Å². The molecule has 2 aromatic carbocycles. The van der Waals surface area contributed by atoms with Crippen molar-refractivity contribution in [2.75, 3.05) is 31.0 Å². The highest BCUT2D eigenvalue weighted by Crippen LogP contribution is 2.34. The van der Waals surface area contributed by atoms with Gasteiger partial charge in [0.05, 0.1) is 14.2 Å². The largest absolute Gasteiger partial charge is 0.493 e. The van der Waals surface area contributed by atoms with Gasteiger partial charge in [0.1, 0.15) is 5.82 Å². The average molecular weight is 390 g/mol. The number of anilines is 3. The first-order valence-electron chi connectivity index (χ1n) is 9.74. The Labute approximate surface area is 171 Å². The molecular weight excluding hydrogens is 364 g/mol. The van der Waals surface area contributed by atoms with E-state index in [4.69, 9.17) is 14.5 Å². The lowest BCUT2D eigenvalue weighted by Gasteiger charge is -2.30. The highest BCUT2D eigenvalue weighted by atomic mass is 16.5. The normalized spacial score (nSPS) is 13.0. The van der Waals surface area contributed by atoms with Crippen LogP contribution < -0.4 is 19.7 Å². The van der Waals surface area contributed by atoms with E-state index in [1.807, 2.05) is 31.2 Å². The SMILES string of the molecule is COc1cc2c(cc1OC)CN(c1cc(C)nc(Nc3ccccc3C)n1)CC2. The van der Waals surface area contributed by atoms with Crippen LogP contribution in [0.3, 0.4) is 0 Å². The Balaban J connectivity index is 1.61. The van der Waals surface area contributed by atoms with Crippen LogP contribution in [0.4, 0.5) is 17.5 Å². The van der Waals surface area contributed by atoms with Crippen LogP contribution in [-0.2, 0) is 13.0 Å². The zero-order chi connectivity index (χ0) is 20.4. The van der Waals surface area contributed by atoms with Crippen molar-refractivity contribution in [1.29, 1.82) is 0 Å². The summed E-state index contributed by atoms with van der Waals surface area (Å²) in [6.45, 7) is 5.74. The third-order valence-electron chi connectivity index (χ3n) is 5.27. The summed E-state index contributed by atoms with van der Waals surface area (Å²) in [7, 11) is 3.34. The number of nitrogens with one attached hydrogen (secondary N) is 1. The second-order valence-corrected chi connectivity index (χ2v) is 7.28. The fourth-order valence-electron chi connectivity index (χ4n) is 3.68. The molecule has 1 N–H and O–H groups in total. The van der Waals surface area contributed by atoms with E-state index in [0.29, 0.717) is 5.95 Å². The van der Waals surface area contributed by atoms with Crippen LogP contribution in [0.2, 0.25) is 0 Å². The summed E-state index contributed by atoms with van der Waals surface area (Å²) < 4.78 is 10.9. The second kappa shape index (κ2) is 7.99. The van der Waals surface area contributed by atoms with Crippen LogP contribution >= 0.6 is 0 Å². The molecule has 2 heterocycles. The van der Waals surface area contributed by atoms with Crippen molar-refractivity contribution in [3.63, 3.8) is 0 Å². The van der Waals surface area contributed by atoms with Crippen molar-refractivity contribution in [2.24, 2.45) is 0 Å². The first kappa shape index (κ1) is 19.1. The van der Waals surface area contributed by atoms with Crippen LogP contribution in [0.5, 0.6) is 11.5 Å². The Bertz CT molecular complexity index is 1040. The molecule has 0 unspecified atom stereocenters. The van der Waals surface area contributed by atoms with Crippen LogP contribution in [-0.4, -0.2) is 30.7 Å². The van der Waals surface area contributed by atoms with E-state index in [1.54, 1.807) is 14.2 Å². The molecule has 1 aliphatic rings. The van der Waals surface area contributed by atoms with E-state index >= 15 is 0 Å². The molecule has 0 aliphatic carbocycles. The second-order valence-electron chi connectivity index (χ2n) is 7.28. The number of methoxy groups -OCH3 is 2. The fourth-order valence-corrected chi connectivity index (χ4v) is 3.68. The molecular formula is C23H26N4O2. The molecule has 1 aliphatic heterocycles. The van der Waals surface area contributed by atoms with Crippen molar-refractivity contribution in [3.05, 3.63) is 64.8 Å². The van der Waals surface area contributed by atoms with E-state index in [-0.39, 0.29) is 0 Å². The van der Waals surface area contributed by atoms with Crippen molar-refractivity contribution in [1.82, 2.24) is 9.97 Å². The summed E-state index contributed by atoms with van der Waals surface area (Å²) in [5, 5.41) is 3.36. The van der Waals surface area contributed by atoms with Gasteiger partial charge in [0.2, 0.25) is 5.95 Å². The van der Waals surface area contributed by atoms with Gasteiger partial charge in [-0.05, 0) is 55.2 Å². The molecule has 6 heteroatoms. The lowest BCUT2D eigenvalue weighted by molar-refractivity contribution is 0.353. The zero-order valence-electron chi connectivity index (χ0n) is 17.3. The third kappa shape index (κ3) is 3.97. The summed E-state index contributed by atoms with van der Waals surface area (Å²) in [5.74, 6) is 3.08. The topological polar surface area (TPSA) is 59.5 Å². The van der Waals surface area contributed by atoms with Gasteiger partial charge < -0.3 is 19.7 Å². The number of nitrogens with zero attached hydrogens (tertiary/aromatic N) is 3. The lowest BCUT2D eigenvalue weighted by atomic mass is 9.99. The van der Waals surface area contributed by atoms with Crippen LogP contribution in [0.25, 0.3) is 0 Å². The van der Waals surface area contributed by atoms with E-state index < -0.39 is 0 Å². The maximum absolute atomic E-state index is 5.48. The molecule has 1 aromatic heterocycles. The molecule has 0 amide bonds. The highest BCUT2D eigenvalue weighted by Gasteiger charge is 2.21. The van der Waals surface area contributed by atoms with Gasteiger partial charge in [-0.1, -0.05) is 18.2 Å². The number of ether oxygens (including phenoxy) is 2. The third-order valence-corrected chi connectivity index (χ3v) is 5.27. The predicted octanol–water partition coefficient (Wildman–Crippen LogP) is 4.42. The number of para-hydroxylation sites is 1. The maximum Gasteiger partial charge on any atom is 0.229 e. The van der Waals surface area contributed by atoms with E-state index in [2.05, 4.69) is 40.3 Å². The number of aromatic nitrogens is 2. The molecule has 0 fully saturated rings. The van der Waals surface area contributed by atoms with Gasteiger partial charge >= 0.3 is 0 Å². The molecule has 0 saturated heterocycles. The van der Waals surface area contributed by atoms with Gasteiger partial charge in [-0.2, -0.15) is 4.98 Å². The summed E-state index contributed by atoms with van der Waals surface area (Å²) in [5.41, 5.74) is 5.64. The standard InChI is InChI=1S/C23H26N4O2/c1-15-7-5-6-8-19(15)25-23-24-16(2)11-22(26-23)27-10-9-17-12-20(28-3)21(29-4)13-18(17)14-27/h5-8,11-13H,9-10,14H2,1-4H3,(H,24,25,26). The lowest BCUT2D eigenvalue weighted by Crippen LogP contribution is -2.31. The number of benzene rings is 2. The van der Waals surface area contributed by atoms with Crippen molar-refractivity contribution < 1.29 is 9.47 Å². The number of hydrogen-bond donors (Lipinski definition) is 1.